The van der Waals surface area contributed by atoms with E-state index >= 15 is 0 Å². The Bertz CT molecular complexity index is 1260. The van der Waals surface area contributed by atoms with Crippen molar-refractivity contribution in [2.75, 3.05) is 26.7 Å². The number of methoxy groups -OCH3 is 1. The summed E-state index contributed by atoms with van der Waals surface area (Å²) in [5.74, 6) is -1.13. The molecule has 2 fully saturated rings. The normalized spacial score (nSPS) is 20.3. The second kappa shape index (κ2) is 10.1. The van der Waals surface area contributed by atoms with E-state index in [0.717, 1.165) is 5.39 Å². The molecule has 2 aliphatic heterocycles. The molecule has 2 heterocycles. The van der Waals surface area contributed by atoms with E-state index < -0.39 is 28.0 Å². The number of nitrogens with one attached hydrogen (secondary N) is 1. The van der Waals surface area contributed by atoms with Gasteiger partial charge in [-0.1, -0.05) is 23.7 Å². The summed E-state index contributed by atoms with van der Waals surface area (Å²) < 4.78 is 33.3. The van der Waals surface area contributed by atoms with Crippen molar-refractivity contribution in [3.8, 4) is 0 Å². The van der Waals surface area contributed by atoms with Gasteiger partial charge < -0.3 is 14.5 Å². The largest absolute Gasteiger partial charge is 0.469 e. The number of fused-ring (bicyclic) bond motifs is 1. The van der Waals surface area contributed by atoms with E-state index in [-0.39, 0.29) is 35.7 Å². The maximum absolute atomic E-state index is 13.0. The lowest BCUT2D eigenvalue weighted by Gasteiger charge is -2.34. The zero-order valence-corrected chi connectivity index (χ0v) is 21.1. The second-order valence-corrected chi connectivity index (χ2v) is 11.1. The Morgan fingerprint density at radius 3 is 2.40 bits per heavy atom. The first-order chi connectivity index (χ1) is 16.6. The molecule has 0 spiro atoms. The van der Waals surface area contributed by atoms with Crippen LogP contribution in [0.1, 0.15) is 26.2 Å². The number of halogens is 1. The van der Waals surface area contributed by atoms with Gasteiger partial charge in [-0.2, -0.15) is 4.72 Å². The predicted molar refractivity (Wildman–Crippen MR) is 130 cm³/mol. The molecular formula is C24H28ClN3O6S. The highest BCUT2D eigenvalue weighted by Crippen LogP contribution is 2.25. The Hall–Kier alpha value is -2.69. The molecule has 35 heavy (non-hydrogen) atoms. The minimum atomic E-state index is -3.95. The molecule has 2 unspecified atom stereocenters. The second-order valence-electron chi connectivity index (χ2n) is 8.95. The van der Waals surface area contributed by atoms with E-state index in [1.807, 2.05) is 0 Å². The first-order valence-electron chi connectivity index (χ1n) is 11.5. The zero-order valence-electron chi connectivity index (χ0n) is 19.6. The fourth-order valence-corrected chi connectivity index (χ4v) is 6.15. The van der Waals surface area contributed by atoms with Gasteiger partial charge in [0.15, 0.2) is 0 Å². The van der Waals surface area contributed by atoms with Gasteiger partial charge in [0.05, 0.1) is 17.9 Å². The lowest BCUT2D eigenvalue weighted by molar-refractivity contribution is -0.150. The van der Waals surface area contributed by atoms with E-state index in [1.54, 1.807) is 36.1 Å². The van der Waals surface area contributed by atoms with Gasteiger partial charge in [0, 0.05) is 24.7 Å². The minimum Gasteiger partial charge on any atom is -0.469 e. The van der Waals surface area contributed by atoms with Gasteiger partial charge in [0.25, 0.3) is 0 Å². The summed E-state index contributed by atoms with van der Waals surface area (Å²) in [4.78, 5) is 40.9. The number of rotatable bonds is 6. The molecule has 2 saturated heterocycles. The maximum Gasteiger partial charge on any atom is 0.308 e. The molecule has 0 radical (unpaired) electrons. The SMILES string of the molecule is COC(=O)C1CCN(C(=O)C(C)N2CCC(NS(=O)(=O)c3ccc4cc(Cl)ccc4c3)C2=O)CC1. The van der Waals surface area contributed by atoms with Crippen molar-refractivity contribution in [1.82, 2.24) is 14.5 Å². The smallest absolute Gasteiger partial charge is 0.308 e. The highest BCUT2D eigenvalue weighted by Gasteiger charge is 2.40. The number of carbonyl (C=O) groups is 3. The van der Waals surface area contributed by atoms with Gasteiger partial charge in [-0.15, -0.1) is 0 Å². The van der Waals surface area contributed by atoms with Crippen molar-refractivity contribution in [3.63, 3.8) is 0 Å². The summed E-state index contributed by atoms with van der Waals surface area (Å²) in [5.41, 5.74) is 0. The average Bonchev–Trinajstić information content (AvgIpc) is 3.21. The Balaban J connectivity index is 1.39. The van der Waals surface area contributed by atoms with E-state index in [9.17, 15) is 22.8 Å². The van der Waals surface area contributed by atoms with E-state index in [4.69, 9.17) is 16.3 Å². The van der Waals surface area contributed by atoms with Crippen molar-refractivity contribution in [2.45, 2.75) is 43.2 Å². The molecule has 4 rings (SSSR count). The molecule has 2 aromatic rings. The molecule has 0 bridgehead atoms. The Labute approximate surface area is 209 Å². The highest BCUT2D eigenvalue weighted by atomic mass is 35.5. The molecule has 2 atom stereocenters. The van der Waals surface area contributed by atoms with Crippen LogP contribution < -0.4 is 4.72 Å². The summed E-state index contributed by atoms with van der Waals surface area (Å²) >= 11 is 6.00. The predicted octanol–water partition coefficient (Wildman–Crippen LogP) is 2.17. The lowest BCUT2D eigenvalue weighted by Crippen LogP contribution is -2.52. The third-order valence-corrected chi connectivity index (χ3v) is 8.49. The summed E-state index contributed by atoms with van der Waals surface area (Å²) in [6.45, 7) is 2.74. The quantitative estimate of drug-likeness (QED) is 0.583. The number of piperidine rings is 1. The van der Waals surface area contributed by atoms with Crippen LogP contribution in [0.2, 0.25) is 5.02 Å². The number of amides is 2. The van der Waals surface area contributed by atoms with Crippen molar-refractivity contribution in [2.24, 2.45) is 5.92 Å². The van der Waals surface area contributed by atoms with Crippen LogP contribution in [-0.2, 0) is 29.1 Å². The van der Waals surface area contributed by atoms with Crippen LogP contribution in [0, 0.1) is 5.92 Å². The van der Waals surface area contributed by atoms with Crippen LogP contribution in [0.15, 0.2) is 41.3 Å². The maximum atomic E-state index is 13.0. The van der Waals surface area contributed by atoms with E-state index in [1.165, 1.54) is 24.1 Å². The third-order valence-electron chi connectivity index (χ3n) is 6.79. The van der Waals surface area contributed by atoms with Crippen LogP contribution in [0.5, 0.6) is 0 Å². The monoisotopic (exact) mass is 521 g/mol. The molecule has 0 saturated carbocycles. The summed E-state index contributed by atoms with van der Waals surface area (Å²) in [7, 11) is -2.61. The van der Waals surface area contributed by atoms with E-state index in [0.29, 0.717) is 36.3 Å². The number of carbonyl (C=O) groups excluding carboxylic acids is 3. The molecule has 188 valence electrons. The fourth-order valence-electron chi connectivity index (χ4n) is 4.71. The molecule has 2 aliphatic rings. The molecule has 11 heteroatoms. The standard InChI is InChI=1S/C24H28ClN3O6S/c1-15(22(29)27-10-7-16(8-11-27)24(31)34-2)28-12-9-21(23(28)30)26-35(32,33)20-6-4-17-13-19(25)5-3-18(17)14-20/h3-6,13-16,21,26H,7-12H2,1-2H3. The van der Waals surface area contributed by atoms with Gasteiger partial charge >= 0.3 is 5.97 Å². The molecule has 1 N–H and O–H groups in total. The number of hydrogen-bond acceptors (Lipinski definition) is 6. The summed E-state index contributed by atoms with van der Waals surface area (Å²) in [5, 5.41) is 2.08. The van der Waals surface area contributed by atoms with Crippen molar-refractivity contribution in [1.29, 1.82) is 0 Å². The topological polar surface area (TPSA) is 113 Å². The molecule has 0 aliphatic carbocycles. The highest BCUT2D eigenvalue weighted by molar-refractivity contribution is 7.89. The number of hydrogen-bond donors (Lipinski definition) is 1. The number of ether oxygens (including phenoxy) is 1. The number of esters is 1. The first-order valence-corrected chi connectivity index (χ1v) is 13.4. The van der Waals surface area contributed by atoms with Gasteiger partial charge in [0.2, 0.25) is 21.8 Å². The average molecular weight is 522 g/mol. The van der Waals surface area contributed by atoms with Gasteiger partial charge in [0.1, 0.15) is 12.1 Å². The van der Waals surface area contributed by atoms with Gasteiger partial charge in [-0.05, 0) is 61.2 Å². The molecule has 2 amide bonds. The number of nitrogens with zero attached hydrogens (tertiary/aromatic N) is 2. The van der Waals surface area contributed by atoms with Crippen LogP contribution >= 0.6 is 11.6 Å². The summed E-state index contributed by atoms with van der Waals surface area (Å²) in [6.07, 6.45) is 1.29. The molecule has 0 aromatic heterocycles. The van der Waals surface area contributed by atoms with Gasteiger partial charge in [-0.3, -0.25) is 14.4 Å². The third kappa shape index (κ3) is 5.29. The molecular weight excluding hydrogens is 494 g/mol. The van der Waals surface area contributed by atoms with Crippen molar-refractivity contribution >= 4 is 50.2 Å². The first kappa shape index (κ1) is 25.4. The molecule has 9 nitrogen and oxygen atoms in total. The van der Waals surface area contributed by atoms with Crippen LogP contribution in [0.25, 0.3) is 10.8 Å². The van der Waals surface area contributed by atoms with Gasteiger partial charge in [-0.25, -0.2) is 8.42 Å². The van der Waals surface area contributed by atoms with Crippen molar-refractivity contribution in [3.05, 3.63) is 41.4 Å². The van der Waals surface area contributed by atoms with Crippen LogP contribution in [0.4, 0.5) is 0 Å². The number of likely N-dealkylation sites (tertiary alicyclic amines) is 2. The molecule has 2 aromatic carbocycles. The fraction of sp³-hybridized carbons (Fsp3) is 0.458. The van der Waals surface area contributed by atoms with Crippen LogP contribution in [0.3, 0.4) is 0 Å². The van der Waals surface area contributed by atoms with Crippen molar-refractivity contribution < 1.29 is 27.5 Å². The zero-order chi connectivity index (χ0) is 25.3. The Kier molecular flexibility index (Phi) is 7.35. The van der Waals surface area contributed by atoms with E-state index in [2.05, 4.69) is 4.72 Å². The number of benzene rings is 2. The Morgan fingerprint density at radius 1 is 1.06 bits per heavy atom. The minimum absolute atomic E-state index is 0.0520. The number of sulfonamides is 1. The summed E-state index contributed by atoms with van der Waals surface area (Å²) in [6, 6.07) is 8.18. The van der Waals surface area contributed by atoms with Crippen LogP contribution in [-0.4, -0.2) is 74.8 Å². The lowest BCUT2D eigenvalue weighted by atomic mass is 9.96. The Morgan fingerprint density at radius 2 is 1.71 bits per heavy atom.